The van der Waals surface area contributed by atoms with Gasteiger partial charge in [0.25, 0.3) is 0 Å². The zero-order chi connectivity index (χ0) is 16.1. The van der Waals surface area contributed by atoms with Crippen molar-refractivity contribution in [1.82, 2.24) is 4.98 Å². The maximum Gasteiger partial charge on any atom is 0.311 e. The number of benzene rings is 1. The molecule has 0 atom stereocenters. The van der Waals surface area contributed by atoms with Crippen LogP contribution >= 0.6 is 0 Å². The second kappa shape index (κ2) is 6.72. The Balaban J connectivity index is 2.48. The largest absolute Gasteiger partial charge is 0.494 e. The summed E-state index contributed by atoms with van der Waals surface area (Å²) in [6.45, 7) is 0.284. The van der Waals surface area contributed by atoms with E-state index in [9.17, 15) is 10.1 Å². The van der Waals surface area contributed by atoms with Crippen LogP contribution < -0.4 is 20.5 Å². The number of rotatable bonds is 6. The van der Waals surface area contributed by atoms with Gasteiger partial charge in [-0.3, -0.25) is 10.1 Å². The normalized spacial score (nSPS) is 10.1. The Bertz CT molecular complexity index is 691. The summed E-state index contributed by atoms with van der Waals surface area (Å²) < 4.78 is 10.3. The maximum absolute atomic E-state index is 11.1. The van der Waals surface area contributed by atoms with Gasteiger partial charge in [-0.05, 0) is 6.07 Å². The number of nitro groups is 1. The maximum atomic E-state index is 11.1. The highest BCUT2D eigenvalue weighted by atomic mass is 16.6. The average molecular weight is 304 g/mol. The van der Waals surface area contributed by atoms with Crippen LogP contribution in [-0.4, -0.2) is 24.1 Å². The van der Waals surface area contributed by atoms with Crippen molar-refractivity contribution in [1.29, 1.82) is 0 Å². The number of aromatic nitrogens is 1. The fourth-order valence-corrected chi connectivity index (χ4v) is 2.00. The van der Waals surface area contributed by atoms with Crippen LogP contribution in [0.15, 0.2) is 30.3 Å². The van der Waals surface area contributed by atoms with E-state index >= 15 is 0 Å². The highest BCUT2D eigenvalue weighted by Crippen LogP contribution is 2.34. The number of ether oxygens (including phenoxy) is 2. The number of pyridine rings is 1. The standard InChI is InChI=1S/C14H16N4O4/c1-21-12-7-6-11(18(19)20)14(17-12)16-10-5-3-4-9(8-15)13(10)22-2/h3-7H,8,15H2,1-2H3,(H,16,17). The molecule has 1 heterocycles. The predicted molar refractivity (Wildman–Crippen MR) is 81.6 cm³/mol. The molecular weight excluding hydrogens is 288 g/mol. The van der Waals surface area contributed by atoms with E-state index in [1.807, 2.05) is 6.07 Å². The van der Waals surface area contributed by atoms with E-state index in [1.54, 1.807) is 12.1 Å². The van der Waals surface area contributed by atoms with Gasteiger partial charge in [-0.2, -0.15) is 4.98 Å². The van der Waals surface area contributed by atoms with E-state index in [0.717, 1.165) is 5.56 Å². The highest BCUT2D eigenvalue weighted by molar-refractivity contribution is 5.71. The molecule has 0 unspecified atom stereocenters. The lowest BCUT2D eigenvalue weighted by atomic mass is 10.1. The van der Waals surface area contributed by atoms with Gasteiger partial charge in [0.05, 0.1) is 24.8 Å². The van der Waals surface area contributed by atoms with Gasteiger partial charge in [0.2, 0.25) is 11.7 Å². The number of anilines is 2. The third-order valence-corrected chi connectivity index (χ3v) is 3.03. The molecule has 0 radical (unpaired) electrons. The average Bonchev–Trinajstić information content (AvgIpc) is 2.54. The first-order valence-corrected chi connectivity index (χ1v) is 6.43. The van der Waals surface area contributed by atoms with E-state index in [1.165, 1.54) is 26.4 Å². The number of nitrogens with zero attached hydrogens (tertiary/aromatic N) is 2. The molecule has 3 N–H and O–H groups in total. The Morgan fingerprint density at radius 3 is 2.64 bits per heavy atom. The molecule has 0 saturated heterocycles. The lowest BCUT2D eigenvalue weighted by Gasteiger charge is -2.14. The first-order valence-electron chi connectivity index (χ1n) is 6.43. The molecule has 0 aliphatic rings. The zero-order valence-electron chi connectivity index (χ0n) is 12.2. The van der Waals surface area contributed by atoms with Gasteiger partial charge >= 0.3 is 5.69 Å². The lowest BCUT2D eigenvalue weighted by molar-refractivity contribution is -0.384. The number of nitrogens with two attached hydrogens (primary N) is 1. The molecule has 1 aromatic carbocycles. The smallest absolute Gasteiger partial charge is 0.311 e. The third-order valence-electron chi connectivity index (χ3n) is 3.03. The van der Waals surface area contributed by atoms with Crippen LogP contribution in [0.1, 0.15) is 5.56 Å². The van der Waals surface area contributed by atoms with Gasteiger partial charge in [-0.15, -0.1) is 0 Å². The van der Waals surface area contributed by atoms with Crippen LogP contribution in [-0.2, 0) is 6.54 Å². The van der Waals surface area contributed by atoms with Crippen LogP contribution in [0, 0.1) is 10.1 Å². The molecule has 0 saturated carbocycles. The number of hydrogen-bond acceptors (Lipinski definition) is 7. The van der Waals surface area contributed by atoms with Crippen LogP contribution in [0.25, 0.3) is 0 Å². The fourth-order valence-electron chi connectivity index (χ4n) is 2.00. The van der Waals surface area contributed by atoms with Gasteiger partial charge in [0.1, 0.15) is 5.75 Å². The summed E-state index contributed by atoms with van der Waals surface area (Å²) in [7, 11) is 2.95. The van der Waals surface area contributed by atoms with E-state index in [-0.39, 0.29) is 23.9 Å². The molecule has 0 amide bonds. The van der Waals surface area contributed by atoms with Crippen molar-refractivity contribution >= 4 is 17.2 Å². The number of para-hydroxylation sites is 1. The summed E-state index contributed by atoms with van der Waals surface area (Å²) in [6.07, 6.45) is 0. The lowest BCUT2D eigenvalue weighted by Crippen LogP contribution is -2.05. The monoisotopic (exact) mass is 304 g/mol. The van der Waals surface area contributed by atoms with Crippen molar-refractivity contribution in [2.45, 2.75) is 6.54 Å². The number of nitrogens with one attached hydrogen (secondary N) is 1. The zero-order valence-corrected chi connectivity index (χ0v) is 12.2. The number of methoxy groups -OCH3 is 2. The molecule has 0 fully saturated rings. The van der Waals surface area contributed by atoms with E-state index < -0.39 is 4.92 Å². The first-order chi connectivity index (χ1) is 10.6. The first kappa shape index (κ1) is 15.5. The minimum absolute atomic E-state index is 0.0665. The molecule has 2 aromatic rings. The number of hydrogen-bond donors (Lipinski definition) is 2. The topological polar surface area (TPSA) is 113 Å². The SMILES string of the molecule is COc1ccc([N+](=O)[O-])c(Nc2cccc(CN)c2OC)n1. The van der Waals surface area contributed by atoms with Crippen LogP contribution in [0.5, 0.6) is 11.6 Å². The van der Waals surface area contributed by atoms with Crippen LogP contribution in [0.3, 0.4) is 0 Å². The quantitative estimate of drug-likeness (QED) is 0.621. The van der Waals surface area contributed by atoms with Crippen LogP contribution in [0.4, 0.5) is 17.2 Å². The van der Waals surface area contributed by atoms with Gasteiger partial charge < -0.3 is 20.5 Å². The second-order valence-electron chi connectivity index (χ2n) is 4.31. The fraction of sp³-hybridized carbons (Fsp3) is 0.214. The molecule has 8 heteroatoms. The van der Waals surface area contributed by atoms with E-state index in [2.05, 4.69) is 10.3 Å². The molecule has 22 heavy (non-hydrogen) atoms. The van der Waals surface area contributed by atoms with Crippen molar-refractivity contribution in [3.8, 4) is 11.6 Å². The van der Waals surface area contributed by atoms with Crippen LogP contribution in [0.2, 0.25) is 0 Å². The molecule has 2 rings (SSSR count). The molecule has 1 aromatic heterocycles. The minimum atomic E-state index is -0.520. The summed E-state index contributed by atoms with van der Waals surface area (Å²) in [5, 5.41) is 14.0. The second-order valence-corrected chi connectivity index (χ2v) is 4.31. The predicted octanol–water partition coefficient (Wildman–Crippen LogP) is 2.21. The Hall–Kier alpha value is -2.87. The highest BCUT2D eigenvalue weighted by Gasteiger charge is 2.18. The van der Waals surface area contributed by atoms with Crippen molar-refractivity contribution < 1.29 is 14.4 Å². The van der Waals surface area contributed by atoms with Crippen molar-refractivity contribution in [3.05, 3.63) is 46.0 Å². The Morgan fingerprint density at radius 2 is 2.05 bits per heavy atom. The van der Waals surface area contributed by atoms with Gasteiger partial charge in [-0.25, -0.2) is 0 Å². The summed E-state index contributed by atoms with van der Waals surface area (Å²) >= 11 is 0. The summed E-state index contributed by atoms with van der Waals surface area (Å²) in [6, 6.07) is 8.07. The summed E-state index contributed by atoms with van der Waals surface area (Å²) in [4.78, 5) is 14.7. The summed E-state index contributed by atoms with van der Waals surface area (Å²) in [5.74, 6) is 0.850. The molecule has 0 aliphatic carbocycles. The molecule has 0 spiro atoms. The molecule has 8 nitrogen and oxygen atoms in total. The van der Waals surface area contributed by atoms with Crippen molar-refractivity contribution in [2.75, 3.05) is 19.5 Å². The molecule has 0 aliphatic heterocycles. The summed E-state index contributed by atoms with van der Waals surface area (Å²) in [5.41, 5.74) is 6.81. The van der Waals surface area contributed by atoms with Crippen molar-refractivity contribution in [3.63, 3.8) is 0 Å². The van der Waals surface area contributed by atoms with E-state index in [4.69, 9.17) is 15.2 Å². The third kappa shape index (κ3) is 3.07. The molecule has 0 bridgehead atoms. The molecule has 116 valence electrons. The molecular formula is C14H16N4O4. The minimum Gasteiger partial charge on any atom is -0.494 e. The Labute approximate surface area is 127 Å². The Kier molecular flexibility index (Phi) is 4.74. The van der Waals surface area contributed by atoms with Gasteiger partial charge in [0, 0.05) is 24.2 Å². The Morgan fingerprint density at radius 1 is 1.27 bits per heavy atom. The van der Waals surface area contributed by atoms with Gasteiger partial charge in [0.15, 0.2) is 0 Å². The van der Waals surface area contributed by atoms with Gasteiger partial charge in [-0.1, -0.05) is 12.1 Å². The van der Waals surface area contributed by atoms with Crippen molar-refractivity contribution in [2.24, 2.45) is 5.73 Å². The van der Waals surface area contributed by atoms with E-state index in [0.29, 0.717) is 11.4 Å².